The topological polar surface area (TPSA) is 44.1 Å². The summed E-state index contributed by atoms with van der Waals surface area (Å²) in [5, 5.41) is 1.53. The summed E-state index contributed by atoms with van der Waals surface area (Å²) in [7, 11) is 0. The Balaban J connectivity index is 2.05. The third-order valence-electron chi connectivity index (χ3n) is 4.70. The van der Waals surface area contributed by atoms with Crippen molar-refractivity contribution in [3.05, 3.63) is 50.6 Å². The maximum Gasteiger partial charge on any atom is 0.267 e. The molecule has 0 radical (unpaired) electrons. The third-order valence-corrected chi connectivity index (χ3v) is 6.62. The Morgan fingerprint density at radius 3 is 2.85 bits per heavy atom. The lowest BCUT2D eigenvalue weighted by Gasteiger charge is -2.30. The fourth-order valence-corrected chi connectivity index (χ4v) is 5.30. The van der Waals surface area contributed by atoms with E-state index >= 15 is 0 Å². The molecule has 0 N–H and O–H groups in total. The van der Waals surface area contributed by atoms with Gasteiger partial charge in [-0.15, -0.1) is 11.3 Å². The van der Waals surface area contributed by atoms with Crippen molar-refractivity contribution < 1.29 is 4.74 Å². The first-order chi connectivity index (χ1) is 12.4. The van der Waals surface area contributed by atoms with Gasteiger partial charge < -0.3 is 4.74 Å². The number of hydrogen-bond acceptors (Lipinski definition) is 5. The first-order valence-corrected chi connectivity index (χ1v) is 10.6. The molecule has 0 unspecified atom stereocenters. The van der Waals surface area contributed by atoms with Gasteiger partial charge in [-0.3, -0.25) is 9.36 Å². The maximum atomic E-state index is 13.6. The van der Waals surface area contributed by atoms with Crippen LogP contribution in [-0.2, 0) is 17.8 Å². The molecule has 4 nitrogen and oxygen atoms in total. The van der Waals surface area contributed by atoms with E-state index in [-0.39, 0.29) is 11.2 Å². The number of thiophene rings is 1. The number of thioether (sulfide) groups is 1. The van der Waals surface area contributed by atoms with Crippen molar-refractivity contribution >= 4 is 33.3 Å². The Morgan fingerprint density at radius 1 is 1.35 bits per heavy atom. The number of benzene rings is 1. The number of aromatic nitrogens is 2. The average molecular weight is 387 g/mol. The zero-order chi connectivity index (χ0) is 18.5. The summed E-state index contributed by atoms with van der Waals surface area (Å²) in [5.74, 6) is 0.866. The molecule has 0 spiro atoms. The first kappa shape index (κ1) is 17.8. The van der Waals surface area contributed by atoms with Crippen LogP contribution in [0.3, 0.4) is 0 Å². The molecule has 0 atom stereocenters. The van der Waals surface area contributed by atoms with E-state index in [1.807, 2.05) is 31.2 Å². The van der Waals surface area contributed by atoms with Crippen LogP contribution in [0.5, 0.6) is 0 Å². The molecule has 26 heavy (non-hydrogen) atoms. The van der Waals surface area contributed by atoms with Gasteiger partial charge in [0, 0.05) is 11.3 Å². The normalized spacial score (nSPS) is 16.0. The minimum Gasteiger partial charge on any atom is -0.370 e. The highest BCUT2D eigenvalue weighted by molar-refractivity contribution is 7.99. The predicted octanol–water partition coefficient (Wildman–Crippen LogP) is 4.72. The summed E-state index contributed by atoms with van der Waals surface area (Å²) < 4.78 is 7.73. The van der Waals surface area contributed by atoms with Gasteiger partial charge in [0.25, 0.3) is 5.56 Å². The van der Waals surface area contributed by atoms with Gasteiger partial charge in [0.1, 0.15) is 4.83 Å². The molecule has 0 amide bonds. The minimum atomic E-state index is -0.252. The fourth-order valence-electron chi connectivity index (χ4n) is 3.43. The van der Waals surface area contributed by atoms with Crippen molar-refractivity contribution in [1.29, 1.82) is 0 Å². The van der Waals surface area contributed by atoms with E-state index < -0.39 is 0 Å². The van der Waals surface area contributed by atoms with E-state index in [9.17, 15) is 4.79 Å². The van der Waals surface area contributed by atoms with Crippen LogP contribution in [-0.4, -0.2) is 20.9 Å². The molecular formula is C20H22N2O2S2. The number of fused-ring (bicyclic) bond motifs is 3. The number of para-hydroxylation sites is 1. The summed E-state index contributed by atoms with van der Waals surface area (Å²) >= 11 is 3.21. The van der Waals surface area contributed by atoms with Crippen LogP contribution in [0, 0.1) is 6.92 Å². The zero-order valence-corrected chi connectivity index (χ0v) is 17.1. The van der Waals surface area contributed by atoms with Crippen LogP contribution in [0.1, 0.15) is 36.8 Å². The Kier molecular flexibility index (Phi) is 4.45. The van der Waals surface area contributed by atoms with Crippen molar-refractivity contribution in [2.45, 2.75) is 51.5 Å². The van der Waals surface area contributed by atoms with Crippen LogP contribution < -0.4 is 5.56 Å². The smallest absolute Gasteiger partial charge is 0.267 e. The number of ether oxygens (including phenoxy) is 1. The fraction of sp³-hybridized carbons (Fsp3) is 0.400. The van der Waals surface area contributed by atoms with Gasteiger partial charge in [-0.25, -0.2) is 4.98 Å². The Labute approximate surface area is 161 Å². The van der Waals surface area contributed by atoms with E-state index in [1.165, 1.54) is 0 Å². The largest absolute Gasteiger partial charge is 0.370 e. The lowest BCUT2D eigenvalue weighted by Crippen LogP contribution is -2.32. The maximum absolute atomic E-state index is 13.6. The second kappa shape index (κ2) is 6.51. The summed E-state index contributed by atoms with van der Waals surface area (Å²) in [4.78, 5) is 20.5. The molecule has 3 aromatic rings. The molecule has 6 heteroatoms. The van der Waals surface area contributed by atoms with E-state index in [1.54, 1.807) is 27.7 Å². The van der Waals surface area contributed by atoms with Crippen LogP contribution in [0.15, 0.2) is 34.2 Å². The first-order valence-electron chi connectivity index (χ1n) is 8.81. The molecule has 0 saturated heterocycles. The van der Waals surface area contributed by atoms with Crippen molar-refractivity contribution in [2.24, 2.45) is 0 Å². The van der Waals surface area contributed by atoms with E-state index in [4.69, 9.17) is 9.72 Å². The molecule has 0 saturated carbocycles. The van der Waals surface area contributed by atoms with Gasteiger partial charge in [0.05, 0.1) is 23.3 Å². The quantitative estimate of drug-likeness (QED) is 0.483. The van der Waals surface area contributed by atoms with Crippen LogP contribution in [0.2, 0.25) is 0 Å². The van der Waals surface area contributed by atoms with Gasteiger partial charge in [0.15, 0.2) is 5.16 Å². The minimum absolute atomic E-state index is 0.0375. The molecule has 1 aliphatic rings. The van der Waals surface area contributed by atoms with Crippen LogP contribution >= 0.6 is 23.1 Å². The molecule has 4 rings (SSSR count). The van der Waals surface area contributed by atoms with Gasteiger partial charge >= 0.3 is 0 Å². The van der Waals surface area contributed by atoms with E-state index in [0.717, 1.165) is 49.2 Å². The lowest BCUT2D eigenvalue weighted by atomic mass is 9.94. The number of nitrogens with zero attached hydrogens (tertiary/aromatic N) is 2. The molecular weight excluding hydrogens is 364 g/mol. The summed E-state index contributed by atoms with van der Waals surface area (Å²) in [6.07, 6.45) is 0.743. The Morgan fingerprint density at radius 2 is 2.12 bits per heavy atom. The van der Waals surface area contributed by atoms with Crippen molar-refractivity contribution in [2.75, 3.05) is 5.75 Å². The molecule has 1 aromatic carbocycles. The zero-order valence-electron chi connectivity index (χ0n) is 15.5. The predicted molar refractivity (Wildman–Crippen MR) is 109 cm³/mol. The van der Waals surface area contributed by atoms with Crippen molar-refractivity contribution in [3.63, 3.8) is 0 Å². The third kappa shape index (κ3) is 2.90. The molecule has 0 bridgehead atoms. The highest BCUT2D eigenvalue weighted by Crippen LogP contribution is 2.38. The van der Waals surface area contributed by atoms with Gasteiger partial charge in [-0.2, -0.15) is 0 Å². The second-order valence-electron chi connectivity index (χ2n) is 7.16. The van der Waals surface area contributed by atoms with Gasteiger partial charge in [0.2, 0.25) is 0 Å². The van der Waals surface area contributed by atoms with Crippen LogP contribution in [0.25, 0.3) is 15.9 Å². The van der Waals surface area contributed by atoms with Crippen LogP contribution in [0.4, 0.5) is 0 Å². The number of hydrogen-bond donors (Lipinski definition) is 0. The molecule has 1 aliphatic heterocycles. The number of aryl methyl sites for hydroxylation is 1. The molecule has 0 aliphatic carbocycles. The van der Waals surface area contributed by atoms with E-state index in [0.29, 0.717) is 6.61 Å². The molecule has 2 aromatic heterocycles. The SMILES string of the molecule is CCSc1nc2sc3c(c2c(=O)n1-c1ccccc1C)CC(C)(C)OC3. The average Bonchev–Trinajstić information content (AvgIpc) is 2.93. The Hall–Kier alpha value is -1.63. The molecule has 0 fully saturated rings. The second-order valence-corrected chi connectivity index (χ2v) is 9.48. The Bertz CT molecular complexity index is 1050. The highest BCUT2D eigenvalue weighted by atomic mass is 32.2. The molecule has 136 valence electrons. The molecule has 3 heterocycles. The highest BCUT2D eigenvalue weighted by Gasteiger charge is 2.31. The summed E-state index contributed by atoms with van der Waals surface area (Å²) in [6.45, 7) is 8.83. The summed E-state index contributed by atoms with van der Waals surface area (Å²) in [6, 6.07) is 8.00. The van der Waals surface area contributed by atoms with Crippen molar-refractivity contribution in [1.82, 2.24) is 9.55 Å². The van der Waals surface area contributed by atoms with Gasteiger partial charge in [-0.1, -0.05) is 36.9 Å². The standard InChI is InChI=1S/C20H22N2O2S2/c1-5-25-19-21-17-16(13-10-20(3,4)24-11-15(13)26-17)18(23)22(19)14-9-7-6-8-12(14)2/h6-9H,5,10-11H2,1-4H3. The van der Waals surface area contributed by atoms with E-state index in [2.05, 4.69) is 20.8 Å². The number of rotatable bonds is 3. The van der Waals surface area contributed by atoms with Crippen molar-refractivity contribution in [3.8, 4) is 5.69 Å². The van der Waals surface area contributed by atoms with Gasteiger partial charge in [-0.05, 0) is 43.7 Å². The monoisotopic (exact) mass is 386 g/mol. The lowest BCUT2D eigenvalue weighted by molar-refractivity contribution is -0.0379. The summed E-state index contributed by atoms with van der Waals surface area (Å²) in [5.41, 5.74) is 2.89.